The number of Topliss-reactive ketones (excluding diaryl/α,β-unsaturated/α-hetero) is 1. The molecule has 0 spiro atoms. The van der Waals surface area contributed by atoms with E-state index in [2.05, 4.69) is 19.2 Å². The molecule has 5 heteroatoms. The van der Waals surface area contributed by atoms with E-state index in [1.807, 2.05) is 77.0 Å². The minimum Gasteiger partial charge on any atom is -0.357 e. The van der Waals surface area contributed by atoms with Gasteiger partial charge in [-0.3, -0.25) is 14.5 Å². The highest BCUT2D eigenvalue weighted by Gasteiger charge is 2.43. The normalized spacial score (nSPS) is 19.9. The second kappa shape index (κ2) is 7.50. The van der Waals surface area contributed by atoms with E-state index in [1.54, 1.807) is 0 Å². The van der Waals surface area contributed by atoms with Crippen molar-refractivity contribution >= 4 is 34.4 Å². The van der Waals surface area contributed by atoms with Gasteiger partial charge in [-0.25, -0.2) is 0 Å². The standard InChI is InChI=1S/C26H24N2O2S/c1-26(2)15-19-23(21(29)16-26)24(17-9-4-3-5-10-17)28(25(30)22-13-8-14-31-22)20-12-7-6-11-18(20)27-19/h3-14,24,27H,15-16H2,1-2H3/t24-/m0/s1. The molecule has 2 aromatic carbocycles. The van der Waals surface area contributed by atoms with Crippen molar-refractivity contribution in [2.24, 2.45) is 5.41 Å². The van der Waals surface area contributed by atoms with Crippen LogP contribution >= 0.6 is 11.3 Å². The lowest BCUT2D eigenvalue weighted by Crippen LogP contribution is -2.39. The van der Waals surface area contributed by atoms with Crippen LogP contribution in [0.2, 0.25) is 0 Å². The first kappa shape index (κ1) is 19.8. The van der Waals surface area contributed by atoms with Gasteiger partial charge in [0.2, 0.25) is 0 Å². The molecule has 1 atom stereocenters. The Bertz CT molecular complexity index is 1180. The number of amides is 1. The summed E-state index contributed by atoms with van der Waals surface area (Å²) < 4.78 is 0. The Balaban J connectivity index is 1.79. The smallest absolute Gasteiger partial charge is 0.269 e. The lowest BCUT2D eigenvalue weighted by atomic mass is 9.73. The Labute approximate surface area is 186 Å². The molecule has 0 bridgehead atoms. The van der Waals surface area contributed by atoms with Crippen molar-refractivity contribution in [1.82, 2.24) is 0 Å². The van der Waals surface area contributed by atoms with Crippen LogP contribution < -0.4 is 10.2 Å². The third-order valence-corrected chi connectivity index (χ3v) is 6.82. The summed E-state index contributed by atoms with van der Waals surface area (Å²) in [6.45, 7) is 4.25. The monoisotopic (exact) mass is 428 g/mol. The minimum atomic E-state index is -0.481. The van der Waals surface area contributed by atoms with Crippen LogP contribution in [0.1, 0.15) is 48.0 Å². The lowest BCUT2D eigenvalue weighted by molar-refractivity contribution is -0.118. The zero-order valence-electron chi connectivity index (χ0n) is 17.6. The molecule has 1 aromatic heterocycles. The van der Waals surface area contributed by atoms with Gasteiger partial charge in [-0.1, -0.05) is 62.4 Å². The van der Waals surface area contributed by atoms with E-state index in [0.29, 0.717) is 16.9 Å². The number of rotatable bonds is 2. The highest BCUT2D eigenvalue weighted by atomic mass is 32.1. The lowest BCUT2D eigenvalue weighted by Gasteiger charge is -2.37. The fraction of sp³-hybridized carbons (Fsp3) is 0.231. The average Bonchev–Trinajstić information content (AvgIpc) is 3.23. The van der Waals surface area contributed by atoms with Crippen LogP contribution in [0.3, 0.4) is 0 Å². The molecule has 0 radical (unpaired) electrons. The Kier molecular flexibility index (Phi) is 4.78. The summed E-state index contributed by atoms with van der Waals surface area (Å²) in [6.07, 6.45) is 1.22. The SMILES string of the molecule is CC1(C)CC(=O)C2=C(C1)Nc1ccccc1N(C(=O)c1cccs1)[C@H]2c1ccccc1. The maximum atomic E-state index is 13.8. The van der Waals surface area contributed by atoms with Crippen molar-refractivity contribution in [1.29, 1.82) is 0 Å². The van der Waals surface area contributed by atoms with E-state index in [1.165, 1.54) is 11.3 Å². The van der Waals surface area contributed by atoms with Crippen LogP contribution in [0.5, 0.6) is 0 Å². The number of nitrogens with zero attached hydrogens (tertiary/aromatic N) is 1. The van der Waals surface area contributed by atoms with Crippen LogP contribution in [0.25, 0.3) is 0 Å². The molecule has 0 saturated carbocycles. The van der Waals surface area contributed by atoms with E-state index in [4.69, 9.17) is 0 Å². The third kappa shape index (κ3) is 3.49. The van der Waals surface area contributed by atoms with Crippen LogP contribution in [0, 0.1) is 5.41 Å². The van der Waals surface area contributed by atoms with Gasteiger partial charge >= 0.3 is 0 Å². The Morgan fingerprint density at radius 3 is 2.48 bits per heavy atom. The molecule has 4 nitrogen and oxygen atoms in total. The summed E-state index contributed by atoms with van der Waals surface area (Å²) in [5, 5.41) is 5.45. The second-order valence-electron chi connectivity index (χ2n) is 8.94. The molecule has 2 aliphatic rings. The van der Waals surface area contributed by atoms with Gasteiger partial charge in [-0.2, -0.15) is 0 Å². The van der Waals surface area contributed by atoms with Crippen LogP contribution in [-0.2, 0) is 4.79 Å². The van der Waals surface area contributed by atoms with Crippen molar-refractivity contribution in [2.75, 3.05) is 10.2 Å². The molecule has 5 rings (SSSR count). The summed E-state index contributed by atoms with van der Waals surface area (Å²) in [4.78, 5) is 29.9. The predicted octanol–water partition coefficient (Wildman–Crippen LogP) is 6.20. The van der Waals surface area contributed by atoms with Crippen LogP contribution in [0.15, 0.2) is 83.4 Å². The molecule has 1 aliphatic heterocycles. The predicted molar refractivity (Wildman–Crippen MR) is 125 cm³/mol. The quantitative estimate of drug-likeness (QED) is 0.528. The average molecular weight is 429 g/mol. The molecule has 2 heterocycles. The highest BCUT2D eigenvalue weighted by molar-refractivity contribution is 7.12. The Morgan fingerprint density at radius 1 is 1.00 bits per heavy atom. The van der Waals surface area contributed by atoms with Gasteiger partial charge in [0.25, 0.3) is 5.91 Å². The van der Waals surface area contributed by atoms with E-state index in [0.717, 1.165) is 29.1 Å². The van der Waals surface area contributed by atoms with Gasteiger partial charge in [0.15, 0.2) is 5.78 Å². The summed E-state index contributed by atoms with van der Waals surface area (Å²) >= 11 is 1.42. The first-order valence-corrected chi connectivity index (χ1v) is 11.4. The third-order valence-electron chi connectivity index (χ3n) is 5.97. The van der Waals surface area contributed by atoms with Crippen LogP contribution in [0.4, 0.5) is 11.4 Å². The van der Waals surface area contributed by atoms with E-state index >= 15 is 0 Å². The van der Waals surface area contributed by atoms with Gasteiger partial charge in [0.1, 0.15) is 0 Å². The number of ketones is 1. The summed E-state index contributed by atoms with van der Waals surface area (Å²) in [5.74, 6) is 0.00822. The largest absolute Gasteiger partial charge is 0.357 e. The number of hydrogen-bond acceptors (Lipinski definition) is 4. The fourth-order valence-electron chi connectivity index (χ4n) is 4.68. The zero-order chi connectivity index (χ0) is 21.6. The number of benzene rings is 2. The summed E-state index contributed by atoms with van der Waals surface area (Å²) in [5.41, 5.74) is 4.06. The van der Waals surface area contributed by atoms with Crippen molar-refractivity contribution in [2.45, 2.75) is 32.7 Å². The van der Waals surface area contributed by atoms with E-state index in [9.17, 15) is 9.59 Å². The van der Waals surface area contributed by atoms with E-state index in [-0.39, 0.29) is 17.1 Å². The zero-order valence-corrected chi connectivity index (χ0v) is 18.4. The van der Waals surface area contributed by atoms with Crippen molar-refractivity contribution < 1.29 is 9.59 Å². The summed E-state index contributed by atoms with van der Waals surface area (Å²) in [7, 11) is 0. The minimum absolute atomic E-state index is 0.0931. The van der Waals surface area contributed by atoms with Crippen LogP contribution in [-0.4, -0.2) is 11.7 Å². The number of fused-ring (bicyclic) bond motifs is 1. The molecule has 0 fully saturated rings. The molecule has 1 aliphatic carbocycles. The fourth-order valence-corrected chi connectivity index (χ4v) is 5.34. The van der Waals surface area contributed by atoms with Gasteiger partial charge in [-0.15, -0.1) is 11.3 Å². The molecular formula is C26H24N2O2S. The number of anilines is 2. The first-order chi connectivity index (χ1) is 14.9. The maximum absolute atomic E-state index is 13.8. The van der Waals surface area contributed by atoms with Gasteiger partial charge < -0.3 is 5.32 Å². The molecule has 156 valence electrons. The van der Waals surface area contributed by atoms with Gasteiger partial charge in [0.05, 0.1) is 22.3 Å². The molecule has 0 saturated heterocycles. The van der Waals surface area contributed by atoms with E-state index < -0.39 is 6.04 Å². The molecule has 1 amide bonds. The number of allylic oxidation sites excluding steroid dienone is 1. The molecular weight excluding hydrogens is 404 g/mol. The maximum Gasteiger partial charge on any atom is 0.269 e. The number of nitrogens with one attached hydrogen (secondary N) is 1. The number of hydrogen-bond donors (Lipinski definition) is 1. The number of thiophene rings is 1. The Morgan fingerprint density at radius 2 is 1.74 bits per heavy atom. The van der Waals surface area contributed by atoms with Gasteiger partial charge in [-0.05, 0) is 41.0 Å². The molecule has 0 unspecified atom stereocenters. The first-order valence-electron chi connectivity index (χ1n) is 10.5. The van der Waals surface area contributed by atoms with Crippen molar-refractivity contribution in [3.05, 3.63) is 93.8 Å². The molecule has 1 N–H and O–H groups in total. The van der Waals surface area contributed by atoms with Crippen molar-refractivity contribution in [3.63, 3.8) is 0 Å². The Hall–Kier alpha value is -3.18. The number of carbonyl (C=O) groups excluding carboxylic acids is 2. The summed E-state index contributed by atoms with van der Waals surface area (Å²) in [6, 6.07) is 21.0. The van der Waals surface area contributed by atoms with Crippen molar-refractivity contribution in [3.8, 4) is 0 Å². The topological polar surface area (TPSA) is 49.4 Å². The second-order valence-corrected chi connectivity index (χ2v) is 9.89. The number of carbonyl (C=O) groups is 2. The highest BCUT2D eigenvalue weighted by Crippen LogP contribution is 2.48. The molecule has 3 aromatic rings. The number of para-hydroxylation sites is 2. The van der Waals surface area contributed by atoms with Gasteiger partial charge in [0, 0.05) is 17.7 Å². The molecule has 31 heavy (non-hydrogen) atoms.